The summed E-state index contributed by atoms with van der Waals surface area (Å²) in [4.78, 5) is 12.3. The van der Waals surface area contributed by atoms with Crippen LogP contribution in [0, 0.1) is 11.3 Å². The van der Waals surface area contributed by atoms with E-state index in [9.17, 15) is 13.2 Å². The fraction of sp³-hybridized carbons (Fsp3) is 0.222. The van der Waals surface area contributed by atoms with E-state index in [0.29, 0.717) is 10.7 Å². The zero-order valence-corrected chi connectivity index (χ0v) is 15.7. The number of halogens is 1. The highest BCUT2D eigenvalue weighted by Crippen LogP contribution is 2.18. The zero-order valence-electron chi connectivity index (χ0n) is 14.1. The van der Waals surface area contributed by atoms with Crippen LogP contribution in [0.15, 0.2) is 53.4 Å². The lowest BCUT2D eigenvalue weighted by atomic mass is 10.1. The molecule has 1 N–H and O–H groups in total. The van der Waals surface area contributed by atoms with Gasteiger partial charge in [0.2, 0.25) is 15.9 Å². The number of amides is 1. The maximum Gasteiger partial charge on any atom is 0.243 e. The molecule has 0 aromatic heterocycles. The van der Waals surface area contributed by atoms with Gasteiger partial charge in [0.15, 0.2) is 0 Å². The van der Waals surface area contributed by atoms with Crippen molar-refractivity contribution in [2.45, 2.75) is 18.2 Å². The third-order valence-electron chi connectivity index (χ3n) is 3.64. The molecule has 0 aliphatic heterocycles. The van der Waals surface area contributed by atoms with E-state index >= 15 is 0 Å². The average Bonchev–Trinajstić information content (AvgIpc) is 2.62. The molecule has 0 aliphatic rings. The molecule has 0 bridgehead atoms. The molecule has 8 heteroatoms. The number of nitrogens with one attached hydrogen (secondary N) is 1. The number of rotatable bonds is 7. The van der Waals surface area contributed by atoms with E-state index in [1.165, 1.54) is 24.3 Å². The lowest BCUT2D eigenvalue weighted by Crippen LogP contribution is -2.37. The lowest BCUT2D eigenvalue weighted by molar-refractivity contribution is -0.116. The Morgan fingerprint density at radius 1 is 1.15 bits per heavy atom. The molecule has 6 nitrogen and oxygen atoms in total. The van der Waals surface area contributed by atoms with Crippen molar-refractivity contribution in [1.29, 1.82) is 5.26 Å². The highest BCUT2D eigenvalue weighted by Gasteiger charge is 2.25. The van der Waals surface area contributed by atoms with Crippen LogP contribution in [0.1, 0.15) is 12.5 Å². The SMILES string of the molecule is CCN(CC(=O)Nc1ccc(CC#N)cc1)S(=O)(=O)c1ccc(Cl)cc1. The molecule has 0 atom stereocenters. The largest absolute Gasteiger partial charge is 0.325 e. The number of likely N-dealkylation sites (N-methyl/N-ethyl adjacent to an activating group) is 1. The molecular weight excluding hydrogens is 374 g/mol. The van der Waals surface area contributed by atoms with Crippen LogP contribution in [0.25, 0.3) is 0 Å². The van der Waals surface area contributed by atoms with Gasteiger partial charge in [0.1, 0.15) is 0 Å². The number of carbonyl (C=O) groups is 1. The second-order valence-corrected chi connectivity index (χ2v) is 7.84. The minimum atomic E-state index is -3.79. The van der Waals surface area contributed by atoms with E-state index in [2.05, 4.69) is 5.32 Å². The number of hydrogen-bond donors (Lipinski definition) is 1. The third-order valence-corrected chi connectivity index (χ3v) is 5.83. The molecule has 0 saturated carbocycles. The summed E-state index contributed by atoms with van der Waals surface area (Å²) in [5, 5.41) is 11.8. The summed E-state index contributed by atoms with van der Waals surface area (Å²) in [6, 6.07) is 14.7. The average molecular weight is 392 g/mol. The smallest absolute Gasteiger partial charge is 0.243 e. The van der Waals surface area contributed by atoms with Gasteiger partial charge >= 0.3 is 0 Å². The molecule has 0 spiro atoms. The first-order valence-electron chi connectivity index (χ1n) is 7.88. The molecule has 0 unspecified atom stereocenters. The molecule has 0 fully saturated rings. The van der Waals surface area contributed by atoms with Crippen LogP contribution in [-0.4, -0.2) is 31.7 Å². The van der Waals surface area contributed by atoms with Crippen molar-refractivity contribution < 1.29 is 13.2 Å². The number of carbonyl (C=O) groups excluding carboxylic acids is 1. The monoisotopic (exact) mass is 391 g/mol. The molecule has 26 heavy (non-hydrogen) atoms. The van der Waals surface area contributed by atoms with Crippen molar-refractivity contribution >= 4 is 33.2 Å². The molecule has 2 rings (SSSR count). The predicted molar refractivity (Wildman–Crippen MR) is 100 cm³/mol. The van der Waals surface area contributed by atoms with Crippen molar-refractivity contribution in [3.8, 4) is 6.07 Å². The van der Waals surface area contributed by atoms with Crippen molar-refractivity contribution in [3.05, 3.63) is 59.1 Å². The van der Waals surface area contributed by atoms with Gasteiger partial charge in [0.25, 0.3) is 0 Å². The second kappa shape index (κ2) is 8.81. The fourth-order valence-corrected chi connectivity index (χ4v) is 3.81. The Balaban J connectivity index is 2.07. The van der Waals surface area contributed by atoms with E-state index in [0.717, 1.165) is 9.87 Å². The molecule has 0 heterocycles. The number of benzene rings is 2. The molecular formula is C18H18ClN3O3S. The Labute approximate surface area is 158 Å². The van der Waals surface area contributed by atoms with Crippen LogP contribution in [0.5, 0.6) is 0 Å². The first kappa shape index (κ1) is 19.9. The van der Waals surface area contributed by atoms with Crippen molar-refractivity contribution in [2.75, 3.05) is 18.4 Å². The molecule has 0 saturated heterocycles. The topological polar surface area (TPSA) is 90.3 Å². The van der Waals surface area contributed by atoms with E-state index in [-0.39, 0.29) is 24.4 Å². The Kier molecular flexibility index (Phi) is 6.75. The highest BCUT2D eigenvalue weighted by molar-refractivity contribution is 7.89. The second-order valence-electron chi connectivity index (χ2n) is 5.47. The minimum Gasteiger partial charge on any atom is -0.325 e. The summed E-state index contributed by atoms with van der Waals surface area (Å²) < 4.78 is 26.4. The van der Waals surface area contributed by atoms with Gasteiger partial charge in [-0.05, 0) is 42.0 Å². The Bertz CT molecular complexity index is 904. The summed E-state index contributed by atoms with van der Waals surface area (Å²) >= 11 is 5.79. The van der Waals surface area contributed by atoms with Gasteiger partial charge in [-0.25, -0.2) is 8.42 Å². The normalized spacial score (nSPS) is 11.2. The summed E-state index contributed by atoms with van der Waals surface area (Å²) in [7, 11) is -3.79. The van der Waals surface area contributed by atoms with E-state index in [1.54, 1.807) is 31.2 Å². The summed E-state index contributed by atoms with van der Waals surface area (Å²) in [6.07, 6.45) is 0.289. The highest BCUT2D eigenvalue weighted by atomic mass is 35.5. The van der Waals surface area contributed by atoms with Crippen molar-refractivity contribution in [2.24, 2.45) is 0 Å². The van der Waals surface area contributed by atoms with Crippen molar-refractivity contribution in [3.63, 3.8) is 0 Å². The number of nitrogens with zero attached hydrogens (tertiary/aromatic N) is 2. The number of hydrogen-bond acceptors (Lipinski definition) is 4. The first-order valence-corrected chi connectivity index (χ1v) is 9.70. The van der Waals surface area contributed by atoms with E-state index in [1.807, 2.05) is 6.07 Å². The minimum absolute atomic E-state index is 0.0809. The summed E-state index contributed by atoms with van der Waals surface area (Å²) in [6.45, 7) is 1.51. The molecule has 1 amide bonds. The van der Waals surface area contributed by atoms with E-state index < -0.39 is 15.9 Å². The standard InChI is InChI=1S/C18H18ClN3O3S/c1-2-22(26(24,25)17-9-5-15(19)6-10-17)13-18(23)21-16-7-3-14(4-8-16)11-12-20/h3-10H,2,11,13H2,1H3,(H,21,23). The zero-order chi connectivity index (χ0) is 19.2. The van der Waals surface area contributed by atoms with Crippen LogP contribution < -0.4 is 5.32 Å². The molecule has 0 aliphatic carbocycles. The molecule has 2 aromatic carbocycles. The number of sulfonamides is 1. The van der Waals surface area contributed by atoms with Gasteiger partial charge in [-0.15, -0.1) is 0 Å². The Hall–Kier alpha value is -2.40. The number of anilines is 1. The van der Waals surface area contributed by atoms with E-state index in [4.69, 9.17) is 16.9 Å². The van der Waals surface area contributed by atoms with Crippen LogP contribution in [-0.2, 0) is 21.2 Å². The van der Waals surface area contributed by atoms with Crippen molar-refractivity contribution in [1.82, 2.24) is 4.31 Å². The van der Waals surface area contributed by atoms with Gasteiger partial charge in [-0.2, -0.15) is 9.57 Å². The summed E-state index contributed by atoms with van der Waals surface area (Å²) in [5.74, 6) is -0.447. The summed E-state index contributed by atoms with van der Waals surface area (Å²) in [5.41, 5.74) is 1.38. The maximum atomic E-state index is 12.7. The van der Waals surface area contributed by atoms with Gasteiger partial charge in [-0.1, -0.05) is 30.7 Å². The van der Waals surface area contributed by atoms with Crippen LogP contribution in [0.2, 0.25) is 5.02 Å². The lowest BCUT2D eigenvalue weighted by Gasteiger charge is -2.20. The van der Waals surface area contributed by atoms with Crippen LogP contribution in [0.3, 0.4) is 0 Å². The Morgan fingerprint density at radius 2 is 1.77 bits per heavy atom. The fourth-order valence-electron chi connectivity index (χ4n) is 2.28. The van der Waals surface area contributed by atoms with Crippen LogP contribution >= 0.6 is 11.6 Å². The van der Waals surface area contributed by atoms with Crippen LogP contribution in [0.4, 0.5) is 5.69 Å². The van der Waals surface area contributed by atoms with Gasteiger partial charge < -0.3 is 5.32 Å². The maximum absolute atomic E-state index is 12.7. The first-order chi connectivity index (χ1) is 12.4. The quantitative estimate of drug-likeness (QED) is 0.785. The third kappa shape index (κ3) is 5.05. The predicted octanol–water partition coefficient (Wildman–Crippen LogP) is 3.06. The molecule has 136 valence electrons. The molecule has 2 aromatic rings. The van der Waals surface area contributed by atoms with Gasteiger partial charge in [-0.3, -0.25) is 4.79 Å². The molecule has 0 radical (unpaired) electrons. The van der Waals surface area contributed by atoms with Gasteiger partial charge in [0.05, 0.1) is 23.9 Å². The Morgan fingerprint density at radius 3 is 2.31 bits per heavy atom. The van der Waals surface area contributed by atoms with Gasteiger partial charge in [0, 0.05) is 17.3 Å². The number of nitriles is 1.